The number of hydrogen-bond acceptors (Lipinski definition) is 6. The van der Waals surface area contributed by atoms with E-state index < -0.39 is 11.2 Å². The SMILES string of the molecule is Cc1ccc(-c2ccccc2C=NN=C2NC(=O)C(CC(=O)O)S2)s1. The van der Waals surface area contributed by atoms with Crippen molar-refractivity contribution in [1.29, 1.82) is 0 Å². The maximum absolute atomic E-state index is 11.7. The van der Waals surface area contributed by atoms with Crippen LogP contribution in [0.4, 0.5) is 0 Å². The standard InChI is InChI=1S/C17H15N3O3S2/c1-10-6-7-13(24-10)12-5-3-2-4-11(12)9-18-20-17-19-16(23)14(25-17)8-15(21)22/h2-7,9,14H,8H2,1H3,(H,21,22)(H,19,20,23). The molecule has 1 saturated heterocycles. The van der Waals surface area contributed by atoms with E-state index in [1.165, 1.54) is 4.88 Å². The number of carbonyl (C=O) groups is 2. The molecule has 128 valence electrons. The number of rotatable bonds is 5. The van der Waals surface area contributed by atoms with Crippen LogP contribution in [0.25, 0.3) is 10.4 Å². The van der Waals surface area contributed by atoms with E-state index in [-0.39, 0.29) is 12.3 Å². The zero-order valence-corrected chi connectivity index (χ0v) is 14.9. The van der Waals surface area contributed by atoms with Gasteiger partial charge in [0.15, 0.2) is 5.17 Å². The number of amidine groups is 1. The molecule has 1 atom stereocenters. The van der Waals surface area contributed by atoms with E-state index in [1.807, 2.05) is 24.3 Å². The van der Waals surface area contributed by atoms with Crippen molar-refractivity contribution in [3.05, 3.63) is 46.8 Å². The lowest BCUT2D eigenvalue weighted by molar-refractivity contribution is -0.138. The van der Waals surface area contributed by atoms with Crippen molar-refractivity contribution < 1.29 is 14.7 Å². The lowest BCUT2D eigenvalue weighted by Gasteiger charge is -2.02. The van der Waals surface area contributed by atoms with Crippen LogP contribution in [-0.4, -0.2) is 33.6 Å². The first kappa shape index (κ1) is 17.4. The van der Waals surface area contributed by atoms with Gasteiger partial charge in [0.1, 0.15) is 5.25 Å². The Kier molecular flexibility index (Phi) is 5.30. The number of nitrogens with zero attached hydrogens (tertiary/aromatic N) is 2. The molecule has 1 aliphatic rings. The molecule has 1 unspecified atom stereocenters. The summed E-state index contributed by atoms with van der Waals surface area (Å²) in [6, 6.07) is 12.0. The third-order valence-corrected chi connectivity index (χ3v) is 5.55. The van der Waals surface area contributed by atoms with Crippen LogP contribution < -0.4 is 5.32 Å². The van der Waals surface area contributed by atoms with Crippen LogP contribution in [0.1, 0.15) is 16.9 Å². The normalized spacial score (nSPS) is 18.8. The first-order valence-electron chi connectivity index (χ1n) is 7.49. The summed E-state index contributed by atoms with van der Waals surface area (Å²) < 4.78 is 0. The highest BCUT2D eigenvalue weighted by Crippen LogP contribution is 2.29. The van der Waals surface area contributed by atoms with Crippen LogP contribution in [0.2, 0.25) is 0 Å². The minimum absolute atomic E-state index is 0.236. The van der Waals surface area contributed by atoms with Crippen molar-refractivity contribution in [3.8, 4) is 10.4 Å². The molecule has 1 fully saturated rings. The number of carboxylic acid groups (broad SMARTS) is 1. The van der Waals surface area contributed by atoms with Gasteiger partial charge in [-0.3, -0.25) is 9.59 Å². The maximum atomic E-state index is 11.7. The first-order chi connectivity index (χ1) is 12.0. The minimum Gasteiger partial charge on any atom is -0.481 e. The Morgan fingerprint density at radius 2 is 2.12 bits per heavy atom. The monoisotopic (exact) mass is 373 g/mol. The maximum Gasteiger partial charge on any atom is 0.305 e. The Morgan fingerprint density at radius 3 is 2.84 bits per heavy atom. The molecular weight excluding hydrogens is 358 g/mol. The molecule has 3 rings (SSSR count). The van der Waals surface area contributed by atoms with Crippen LogP contribution in [-0.2, 0) is 9.59 Å². The van der Waals surface area contributed by atoms with Gasteiger partial charge in [-0.1, -0.05) is 36.0 Å². The average molecular weight is 373 g/mol. The lowest BCUT2D eigenvalue weighted by atomic mass is 10.1. The number of aliphatic carboxylic acids is 1. The Labute approximate surface area is 152 Å². The molecule has 6 nitrogen and oxygen atoms in total. The third kappa shape index (κ3) is 4.34. The fourth-order valence-electron chi connectivity index (χ4n) is 2.30. The third-order valence-electron chi connectivity index (χ3n) is 3.45. The largest absolute Gasteiger partial charge is 0.481 e. The van der Waals surface area contributed by atoms with Gasteiger partial charge in [0.05, 0.1) is 12.6 Å². The molecule has 1 aromatic carbocycles. The number of benzene rings is 1. The lowest BCUT2D eigenvalue weighted by Crippen LogP contribution is -2.26. The molecule has 0 aliphatic carbocycles. The van der Waals surface area contributed by atoms with Crippen LogP contribution in [0.15, 0.2) is 46.6 Å². The Bertz CT molecular complexity index is 874. The van der Waals surface area contributed by atoms with E-state index in [9.17, 15) is 9.59 Å². The zero-order chi connectivity index (χ0) is 17.8. The van der Waals surface area contributed by atoms with Crippen LogP contribution >= 0.6 is 23.1 Å². The van der Waals surface area contributed by atoms with E-state index in [2.05, 4.69) is 34.6 Å². The van der Waals surface area contributed by atoms with Crippen molar-refractivity contribution in [2.24, 2.45) is 10.2 Å². The molecule has 0 radical (unpaired) electrons. The van der Waals surface area contributed by atoms with Crippen molar-refractivity contribution >= 4 is 46.4 Å². The molecule has 1 aromatic heterocycles. The summed E-state index contributed by atoms with van der Waals surface area (Å²) in [5.41, 5.74) is 1.99. The van der Waals surface area contributed by atoms with Crippen molar-refractivity contribution in [2.45, 2.75) is 18.6 Å². The Balaban J connectivity index is 1.75. The highest BCUT2D eigenvalue weighted by molar-refractivity contribution is 8.15. The summed E-state index contributed by atoms with van der Waals surface area (Å²) in [5.74, 6) is -1.37. The number of aryl methyl sites for hydroxylation is 1. The summed E-state index contributed by atoms with van der Waals surface area (Å²) in [6.07, 6.45) is 1.40. The van der Waals surface area contributed by atoms with Crippen LogP contribution in [0.5, 0.6) is 0 Å². The van der Waals surface area contributed by atoms with Gasteiger partial charge in [0.25, 0.3) is 0 Å². The van der Waals surface area contributed by atoms with Crippen LogP contribution in [0.3, 0.4) is 0 Å². The number of thiophene rings is 1. The quantitative estimate of drug-likeness (QED) is 0.622. The van der Waals surface area contributed by atoms with Gasteiger partial charge in [-0.2, -0.15) is 5.10 Å². The predicted octanol–water partition coefficient (Wildman–Crippen LogP) is 3.12. The van der Waals surface area contributed by atoms with Gasteiger partial charge in [-0.15, -0.1) is 16.4 Å². The number of carboxylic acids is 1. The highest BCUT2D eigenvalue weighted by Gasteiger charge is 2.32. The molecule has 0 bridgehead atoms. The van der Waals surface area contributed by atoms with Gasteiger partial charge in [-0.25, -0.2) is 0 Å². The van der Waals surface area contributed by atoms with E-state index in [0.717, 1.165) is 27.8 Å². The van der Waals surface area contributed by atoms with Gasteiger partial charge in [-0.05, 0) is 19.1 Å². The van der Waals surface area contributed by atoms with E-state index in [4.69, 9.17) is 5.11 Å². The predicted molar refractivity (Wildman–Crippen MR) is 101 cm³/mol. The molecule has 2 N–H and O–H groups in total. The molecule has 2 heterocycles. The summed E-state index contributed by atoms with van der Waals surface area (Å²) in [5, 5.41) is 19.0. The fourth-order valence-corrected chi connectivity index (χ4v) is 4.13. The molecule has 0 saturated carbocycles. The van der Waals surface area contributed by atoms with E-state index in [0.29, 0.717) is 5.17 Å². The smallest absolute Gasteiger partial charge is 0.305 e. The summed E-state index contributed by atoms with van der Waals surface area (Å²) in [4.78, 5) is 24.8. The average Bonchev–Trinajstić information content (AvgIpc) is 3.14. The zero-order valence-electron chi connectivity index (χ0n) is 13.3. The van der Waals surface area contributed by atoms with Gasteiger partial charge >= 0.3 is 5.97 Å². The van der Waals surface area contributed by atoms with Gasteiger partial charge in [0, 0.05) is 20.9 Å². The first-order valence-corrected chi connectivity index (χ1v) is 9.19. The second-order valence-electron chi connectivity index (χ2n) is 5.34. The number of thioether (sulfide) groups is 1. The molecular formula is C17H15N3O3S2. The second kappa shape index (κ2) is 7.62. The molecule has 0 spiro atoms. The fraction of sp³-hybridized carbons (Fsp3) is 0.176. The number of amides is 1. The highest BCUT2D eigenvalue weighted by atomic mass is 32.2. The summed E-state index contributed by atoms with van der Waals surface area (Å²) >= 11 is 2.79. The van der Waals surface area contributed by atoms with Crippen molar-refractivity contribution in [3.63, 3.8) is 0 Å². The molecule has 25 heavy (non-hydrogen) atoms. The van der Waals surface area contributed by atoms with Gasteiger partial charge in [0.2, 0.25) is 5.91 Å². The van der Waals surface area contributed by atoms with E-state index >= 15 is 0 Å². The molecule has 1 amide bonds. The summed E-state index contributed by atoms with van der Waals surface area (Å²) in [7, 11) is 0. The Morgan fingerprint density at radius 1 is 1.32 bits per heavy atom. The van der Waals surface area contributed by atoms with Crippen molar-refractivity contribution in [2.75, 3.05) is 0 Å². The minimum atomic E-state index is -1.02. The Hall–Kier alpha value is -2.45. The van der Waals surface area contributed by atoms with Crippen LogP contribution in [0, 0.1) is 6.92 Å². The molecule has 8 heteroatoms. The van der Waals surface area contributed by atoms with Crippen molar-refractivity contribution in [1.82, 2.24) is 5.32 Å². The number of carbonyl (C=O) groups excluding carboxylic acids is 1. The second-order valence-corrected chi connectivity index (χ2v) is 7.82. The topological polar surface area (TPSA) is 91.1 Å². The van der Waals surface area contributed by atoms with E-state index in [1.54, 1.807) is 17.6 Å². The van der Waals surface area contributed by atoms with Gasteiger partial charge < -0.3 is 10.4 Å². The number of hydrogen-bond donors (Lipinski definition) is 2. The number of nitrogens with one attached hydrogen (secondary N) is 1. The molecule has 1 aliphatic heterocycles. The summed E-state index contributed by atoms with van der Waals surface area (Å²) in [6.45, 7) is 2.06. The molecule has 2 aromatic rings.